The molecule has 2 unspecified atom stereocenters. The van der Waals surface area contributed by atoms with Crippen LogP contribution in [0, 0.1) is 45.3 Å². The summed E-state index contributed by atoms with van der Waals surface area (Å²) in [6.07, 6.45) is 14.0. The third kappa shape index (κ3) is 4.92. The summed E-state index contributed by atoms with van der Waals surface area (Å²) < 4.78 is 0. The molecule has 0 saturated heterocycles. The fourth-order valence-corrected chi connectivity index (χ4v) is 8.15. The highest BCUT2D eigenvalue weighted by atomic mass is 16.1. The first kappa shape index (κ1) is 29.3. The maximum Gasteiger partial charge on any atom is 0.186 e. The molecule has 2 nitrogen and oxygen atoms in total. The number of Topliss-reactive ketones (excluding diaryl/α,β-unsaturated/α-hetero) is 2. The molecule has 0 aromatic rings. The molecule has 4 saturated carbocycles. The Morgan fingerprint density at radius 1 is 0.475 bits per heavy atom. The van der Waals surface area contributed by atoms with Gasteiger partial charge < -0.3 is 0 Å². The van der Waals surface area contributed by atoms with Crippen molar-refractivity contribution in [1.82, 2.24) is 0 Å². The van der Waals surface area contributed by atoms with Gasteiger partial charge in [-0.15, -0.1) is 0 Å². The normalized spacial score (nSPS) is 29.6. The van der Waals surface area contributed by atoms with Gasteiger partial charge in [-0.3, -0.25) is 9.59 Å². The summed E-state index contributed by atoms with van der Waals surface area (Å²) in [6.45, 7) is 26.1. The van der Waals surface area contributed by atoms with Crippen LogP contribution < -0.4 is 0 Å². The lowest BCUT2D eigenvalue weighted by atomic mass is 9.50. The molecular formula is C38H52O2. The average molecular weight is 541 g/mol. The van der Waals surface area contributed by atoms with Gasteiger partial charge in [0.2, 0.25) is 0 Å². The molecule has 0 radical (unpaired) electrons. The first-order valence-electron chi connectivity index (χ1n) is 15.6. The monoisotopic (exact) mass is 540 g/mol. The Bertz CT molecular complexity index is 1180. The minimum absolute atomic E-state index is 0.209. The molecule has 4 fully saturated rings. The van der Waals surface area contributed by atoms with Crippen LogP contribution in [-0.4, -0.2) is 11.6 Å². The van der Waals surface area contributed by atoms with E-state index in [-0.39, 0.29) is 33.2 Å². The van der Waals surface area contributed by atoms with Crippen molar-refractivity contribution in [2.75, 3.05) is 0 Å². The van der Waals surface area contributed by atoms with E-state index in [4.69, 9.17) is 0 Å². The van der Waals surface area contributed by atoms with Crippen molar-refractivity contribution in [2.24, 2.45) is 45.3 Å². The quantitative estimate of drug-likeness (QED) is 0.306. The van der Waals surface area contributed by atoms with Crippen molar-refractivity contribution in [3.8, 4) is 0 Å². The van der Waals surface area contributed by atoms with Gasteiger partial charge in [-0.2, -0.15) is 0 Å². The van der Waals surface area contributed by atoms with Crippen molar-refractivity contribution in [3.63, 3.8) is 0 Å². The summed E-state index contributed by atoms with van der Waals surface area (Å²) in [5.41, 5.74) is 8.67. The molecule has 0 aromatic heterocycles. The molecule has 216 valence electrons. The fourth-order valence-electron chi connectivity index (χ4n) is 8.15. The van der Waals surface area contributed by atoms with Crippen LogP contribution in [0.2, 0.25) is 0 Å². The lowest BCUT2D eigenvalue weighted by Crippen LogP contribution is -2.43. The van der Waals surface area contributed by atoms with Crippen LogP contribution in [-0.2, 0) is 9.59 Å². The van der Waals surface area contributed by atoms with Crippen LogP contribution in [0.5, 0.6) is 0 Å². The minimum Gasteiger partial charge on any atom is -0.289 e. The van der Waals surface area contributed by atoms with E-state index in [1.165, 1.54) is 36.8 Å². The van der Waals surface area contributed by atoms with Crippen LogP contribution in [0.1, 0.15) is 109 Å². The Morgan fingerprint density at radius 2 is 0.775 bits per heavy atom. The number of hydrogen-bond acceptors (Lipinski definition) is 2. The van der Waals surface area contributed by atoms with Gasteiger partial charge >= 0.3 is 0 Å². The maximum absolute atomic E-state index is 13.7. The Morgan fingerprint density at radius 3 is 1.05 bits per heavy atom. The lowest BCUT2D eigenvalue weighted by molar-refractivity contribution is -0.114. The Labute approximate surface area is 243 Å². The van der Waals surface area contributed by atoms with E-state index in [0.717, 1.165) is 28.2 Å². The first-order chi connectivity index (χ1) is 18.2. The predicted molar refractivity (Wildman–Crippen MR) is 167 cm³/mol. The summed E-state index contributed by atoms with van der Waals surface area (Å²) in [5.74, 6) is 2.79. The largest absolute Gasteiger partial charge is 0.289 e. The molecule has 0 aliphatic heterocycles. The smallest absolute Gasteiger partial charge is 0.186 e. The van der Waals surface area contributed by atoms with E-state index >= 15 is 0 Å². The third-order valence-electron chi connectivity index (χ3n) is 10.1. The molecule has 4 bridgehead atoms. The molecule has 6 rings (SSSR count). The fraction of sp³-hybridized carbons (Fsp3) is 0.632. The molecular weight excluding hydrogens is 488 g/mol. The summed E-state index contributed by atoms with van der Waals surface area (Å²) in [5, 5.41) is 0. The van der Waals surface area contributed by atoms with Gasteiger partial charge in [0.05, 0.1) is 0 Å². The zero-order valence-electron chi connectivity index (χ0n) is 27.3. The number of ketones is 2. The molecule has 0 heterocycles. The number of allylic oxidation sites excluding steroid dienone is 12. The van der Waals surface area contributed by atoms with Crippen LogP contribution in [0.15, 0.2) is 68.9 Å². The SMILES string of the molecule is CC(C)(C)C1=CC(=C2C3CC4C[C@@H]2C[C@H](C4)C3=C2C=C(C(C)(C)C)C(=O)C(C(C)(C)C)=C2)C=C(C(C)(C)C)C1=O. The molecule has 0 amide bonds. The van der Waals surface area contributed by atoms with Crippen molar-refractivity contribution >= 4 is 11.6 Å². The zero-order valence-corrected chi connectivity index (χ0v) is 27.3. The zero-order chi connectivity index (χ0) is 29.7. The summed E-state index contributed by atoms with van der Waals surface area (Å²) >= 11 is 0. The highest BCUT2D eigenvalue weighted by molar-refractivity contribution is 6.12. The molecule has 40 heavy (non-hydrogen) atoms. The van der Waals surface area contributed by atoms with E-state index in [9.17, 15) is 9.59 Å². The molecule has 0 spiro atoms. The molecule has 6 aliphatic carbocycles. The second kappa shape index (κ2) is 9.14. The first-order valence-corrected chi connectivity index (χ1v) is 15.6. The van der Waals surface area contributed by atoms with Crippen LogP contribution in [0.25, 0.3) is 0 Å². The maximum atomic E-state index is 13.7. The number of carbonyl (C=O) groups is 2. The van der Waals surface area contributed by atoms with Crippen molar-refractivity contribution in [3.05, 3.63) is 68.9 Å². The minimum atomic E-state index is -0.209. The van der Waals surface area contributed by atoms with Gasteiger partial charge in [0.15, 0.2) is 11.6 Å². The van der Waals surface area contributed by atoms with Gasteiger partial charge in [-0.25, -0.2) is 0 Å². The topological polar surface area (TPSA) is 34.1 Å². The number of hydrogen-bond donors (Lipinski definition) is 0. The van der Waals surface area contributed by atoms with E-state index in [2.05, 4.69) is 107 Å². The van der Waals surface area contributed by atoms with Gasteiger partial charge in [0, 0.05) is 28.2 Å². The molecule has 0 aromatic carbocycles. The lowest BCUT2D eigenvalue weighted by Gasteiger charge is -2.54. The number of carbonyl (C=O) groups excluding carboxylic acids is 2. The van der Waals surface area contributed by atoms with Gasteiger partial charge in [-0.1, -0.05) is 94.2 Å². The second-order valence-corrected chi connectivity index (χ2v) is 17.5. The Balaban J connectivity index is 1.77. The predicted octanol–water partition coefficient (Wildman–Crippen LogP) is 9.70. The summed E-state index contributed by atoms with van der Waals surface area (Å²) in [4.78, 5) is 27.5. The van der Waals surface area contributed by atoms with Crippen molar-refractivity contribution in [1.29, 1.82) is 0 Å². The molecule has 2 heteroatoms. The van der Waals surface area contributed by atoms with Gasteiger partial charge in [0.1, 0.15) is 0 Å². The van der Waals surface area contributed by atoms with Crippen LogP contribution in [0.3, 0.4) is 0 Å². The Hall–Kier alpha value is -2.22. The molecule has 6 aliphatic rings. The van der Waals surface area contributed by atoms with Crippen molar-refractivity contribution < 1.29 is 9.59 Å². The van der Waals surface area contributed by atoms with E-state index < -0.39 is 0 Å². The van der Waals surface area contributed by atoms with E-state index in [1.54, 1.807) is 11.1 Å². The van der Waals surface area contributed by atoms with Gasteiger partial charge in [0.25, 0.3) is 0 Å². The highest BCUT2D eigenvalue weighted by Gasteiger charge is 2.50. The van der Waals surface area contributed by atoms with Gasteiger partial charge in [-0.05, 0) is 101 Å². The van der Waals surface area contributed by atoms with Crippen LogP contribution in [0.4, 0.5) is 0 Å². The Kier molecular flexibility index (Phi) is 6.69. The number of rotatable bonds is 0. The molecule has 0 N–H and O–H groups in total. The molecule has 4 atom stereocenters. The van der Waals surface area contributed by atoms with E-state index in [1.807, 2.05) is 0 Å². The second-order valence-electron chi connectivity index (χ2n) is 17.5. The summed E-state index contributed by atoms with van der Waals surface area (Å²) in [7, 11) is 0. The summed E-state index contributed by atoms with van der Waals surface area (Å²) in [6, 6.07) is 0. The average Bonchev–Trinajstić information content (AvgIpc) is 2.77. The standard InChI is InChI=1S/C38H52O2/c1-35(2,3)27-17-24(18-28(33(27)39)36(4,5)6)31-22-13-21-14-23(16-22)32(26(31)15-21)25-19-29(37(7,8)9)34(40)30(20-25)38(10,11)12/h17-23,26H,13-16H2,1-12H3/t21?,22-,23+,26?. The highest BCUT2D eigenvalue weighted by Crippen LogP contribution is 2.61. The van der Waals surface area contributed by atoms with Crippen LogP contribution >= 0.6 is 0 Å². The third-order valence-corrected chi connectivity index (χ3v) is 10.1. The van der Waals surface area contributed by atoms with E-state index in [0.29, 0.717) is 17.8 Å². The van der Waals surface area contributed by atoms with Crippen molar-refractivity contribution in [2.45, 2.75) is 109 Å².